The van der Waals surface area contributed by atoms with Gasteiger partial charge in [-0.2, -0.15) is 0 Å². The van der Waals surface area contributed by atoms with E-state index in [-0.39, 0.29) is 0 Å². The van der Waals surface area contributed by atoms with Crippen LogP contribution in [0.2, 0.25) is 0 Å². The van der Waals surface area contributed by atoms with Gasteiger partial charge in [0.05, 0.1) is 12.8 Å². The van der Waals surface area contributed by atoms with Crippen LogP contribution in [0.15, 0.2) is 22.7 Å². The molecule has 1 aromatic carbocycles. The molecule has 0 radical (unpaired) electrons. The molecule has 1 heterocycles. The summed E-state index contributed by atoms with van der Waals surface area (Å²) in [6.45, 7) is 0.444. The van der Waals surface area contributed by atoms with Gasteiger partial charge in [0.2, 0.25) is 0 Å². The smallest absolute Gasteiger partial charge is 0.326 e. The third kappa shape index (κ3) is 3.04. The first kappa shape index (κ1) is 14.6. The van der Waals surface area contributed by atoms with E-state index in [4.69, 9.17) is 9.84 Å². The topological polar surface area (TPSA) is 78.9 Å². The van der Waals surface area contributed by atoms with Crippen molar-refractivity contribution in [3.05, 3.63) is 22.7 Å². The standard InChI is InChI=1S/C13H15BrN2O4/c1-20-11-5-4-8(14)7-9(11)15-13(19)16-6-2-3-10(16)12(17)18/h4-5,7,10H,2-3,6H2,1H3,(H,15,19)(H,17,18)/t10-/m1/s1. The zero-order valence-electron chi connectivity index (χ0n) is 10.9. The van der Waals surface area contributed by atoms with Crippen LogP contribution in [-0.4, -0.2) is 41.7 Å². The summed E-state index contributed by atoms with van der Waals surface area (Å²) in [4.78, 5) is 24.6. The summed E-state index contributed by atoms with van der Waals surface area (Å²) in [6, 6.07) is 4.05. The maximum absolute atomic E-state index is 12.2. The predicted octanol–water partition coefficient (Wildman–Crippen LogP) is 2.54. The Labute approximate surface area is 124 Å². The highest BCUT2D eigenvalue weighted by Crippen LogP contribution is 2.29. The van der Waals surface area contributed by atoms with Gasteiger partial charge in [0, 0.05) is 11.0 Å². The number of nitrogens with zero attached hydrogens (tertiary/aromatic N) is 1. The summed E-state index contributed by atoms with van der Waals surface area (Å²) in [5.74, 6) is -0.452. The summed E-state index contributed by atoms with van der Waals surface area (Å²) in [6.07, 6.45) is 1.18. The van der Waals surface area contributed by atoms with Gasteiger partial charge in [-0.05, 0) is 31.0 Å². The Morgan fingerprint density at radius 2 is 2.25 bits per heavy atom. The lowest BCUT2D eigenvalue weighted by Gasteiger charge is -2.22. The summed E-state index contributed by atoms with van der Waals surface area (Å²) in [5.41, 5.74) is 0.503. The number of likely N-dealkylation sites (tertiary alicyclic amines) is 1. The molecule has 2 rings (SSSR count). The highest BCUT2D eigenvalue weighted by atomic mass is 79.9. The number of carboxylic acids is 1. The van der Waals surface area contributed by atoms with E-state index >= 15 is 0 Å². The molecule has 6 nitrogen and oxygen atoms in total. The molecule has 2 amide bonds. The monoisotopic (exact) mass is 342 g/mol. The lowest BCUT2D eigenvalue weighted by molar-refractivity contribution is -0.141. The van der Waals surface area contributed by atoms with Gasteiger partial charge in [0.25, 0.3) is 0 Å². The van der Waals surface area contributed by atoms with Crippen molar-refractivity contribution in [1.29, 1.82) is 0 Å². The quantitative estimate of drug-likeness (QED) is 0.884. The molecule has 1 aliphatic heterocycles. The molecule has 0 bridgehead atoms. The number of ether oxygens (including phenoxy) is 1. The van der Waals surface area contributed by atoms with Crippen LogP contribution in [0, 0.1) is 0 Å². The molecule has 1 saturated heterocycles. The number of hydrogen-bond acceptors (Lipinski definition) is 3. The first-order chi connectivity index (χ1) is 9.52. The molecule has 7 heteroatoms. The van der Waals surface area contributed by atoms with Gasteiger partial charge in [0.1, 0.15) is 11.8 Å². The van der Waals surface area contributed by atoms with Gasteiger partial charge in [-0.25, -0.2) is 9.59 Å². The van der Waals surface area contributed by atoms with Gasteiger partial charge >= 0.3 is 12.0 Å². The second kappa shape index (κ2) is 6.13. The van der Waals surface area contributed by atoms with Crippen molar-refractivity contribution in [2.24, 2.45) is 0 Å². The Hall–Kier alpha value is -1.76. The van der Waals surface area contributed by atoms with Crippen molar-refractivity contribution in [1.82, 2.24) is 4.90 Å². The number of aliphatic carboxylic acids is 1. The second-order valence-corrected chi connectivity index (χ2v) is 5.38. The second-order valence-electron chi connectivity index (χ2n) is 4.46. The Morgan fingerprint density at radius 3 is 2.90 bits per heavy atom. The van der Waals surface area contributed by atoms with Crippen molar-refractivity contribution in [3.63, 3.8) is 0 Å². The highest BCUT2D eigenvalue weighted by Gasteiger charge is 2.34. The van der Waals surface area contributed by atoms with Crippen molar-refractivity contribution >= 4 is 33.6 Å². The fourth-order valence-corrected chi connectivity index (χ4v) is 2.59. The number of carbonyl (C=O) groups is 2. The van der Waals surface area contributed by atoms with E-state index in [0.717, 1.165) is 4.47 Å². The highest BCUT2D eigenvalue weighted by molar-refractivity contribution is 9.10. The normalized spacial score (nSPS) is 17.9. The van der Waals surface area contributed by atoms with Crippen LogP contribution in [-0.2, 0) is 4.79 Å². The molecule has 1 atom stereocenters. The third-order valence-corrected chi connectivity index (χ3v) is 3.70. The molecule has 0 saturated carbocycles. The molecule has 0 unspecified atom stereocenters. The Balaban J connectivity index is 2.15. The number of halogens is 1. The first-order valence-electron chi connectivity index (χ1n) is 6.17. The van der Waals surface area contributed by atoms with E-state index in [9.17, 15) is 9.59 Å². The molecule has 1 aromatic rings. The van der Waals surface area contributed by atoms with Crippen LogP contribution in [0.4, 0.5) is 10.5 Å². The van der Waals surface area contributed by atoms with Crippen LogP contribution < -0.4 is 10.1 Å². The number of hydrogen-bond donors (Lipinski definition) is 2. The molecule has 0 spiro atoms. The summed E-state index contributed by atoms with van der Waals surface area (Å²) < 4.78 is 5.96. The average Bonchev–Trinajstić information content (AvgIpc) is 2.88. The lowest BCUT2D eigenvalue weighted by atomic mass is 10.2. The predicted molar refractivity (Wildman–Crippen MR) is 77.1 cm³/mol. The van der Waals surface area contributed by atoms with Gasteiger partial charge < -0.3 is 20.1 Å². The third-order valence-electron chi connectivity index (χ3n) is 3.20. The van der Waals surface area contributed by atoms with E-state index in [1.165, 1.54) is 12.0 Å². The van der Waals surface area contributed by atoms with E-state index in [0.29, 0.717) is 30.8 Å². The van der Waals surface area contributed by atoms with Crippen LogP contribution in [0.3, 0.4) is 0 Å². The zero-order valence-corrected chi connectivity index (χ0v) is 12.5. The number of urea groups is 1. The molecule has 2 N–H and O–H groups in total. The van der Waals surface area contributed by atoms with Gasteiger partial charge in [-0.3, -0.25) is 0 Å². The summed E-state index contributed by atoms with van der Waals surface area (Å²) in [5, 5.41) is 11.8. The summed E-state index contributed by atoms with van der Waals surface area (Å²) in [7, 11) is 1.51. The number of amides is 2. The Morgan fingerprint density at radius 1 is 1.50 bits per heavy atom. The lowest BCUT2D eigenvalue weighted by Crippen LogP contribution is -2.42. The number of benzene rings is 1. The molecule has 0 aliphatic carbocycles. The maximum atomic E-state index is 12.2. The fraction of sp³-hybridized carbons (Fsp3) is 0.385. The number of rotatable bonds is 3. The Bertz CT molecular complexity index is 535. The number of anilines is 1. The van der Waals surface area contributed by atoms with Crippen molar-refractivity contribution in [2.45, 2.75) is 18.9 Å². The fourth-order valence-electron chi connectivity index (χ4n) is 2.23. The molecule has 1 aliphatic rings. The van der Waals surface area contributed by atoms with Crippen LogP contribution in [0.25, 0.3) is 0 Å². The minimum atomic E-state index is -0.973. The minimum absolute atomic E-state index is 0.425. The summed E-state index contributed by atoms with van der Waals surface area (Å²) >= 11 is 3.32. The zero-order chi connectivity index (χ0) is 14.7. The van der Waals surface area contributed by atoms with Gasteiger partial charge in [0.15, 0.2) is 0 Å². The van der Waals surface area contributed by atoms with Crippen molar-refractivity contribution in [3.8, 4) is 5.75 Å². The number of carboxylic acid groups (broad SMARTS) is 1. The number of methoxy groups -OCH3 is 1. The molecular weight excluding hydrogens is 328 g/mol. The van der Waals surface area contributed by atoms with Gasteiger partial charge in [-0.1, -0.05) is 15.9 Å². The van der Waals surface area contributed by atoms with Crippen molar-refractivity contribution < 1.29 is 19.4 Å². The molecule has 20 heavy (non-hydrogen) atoms. The maximum Gasteiger partial charge on any atom is 0.326 e. The van der Waals surface area contributed by atoms with Crippen LogP contribution in [0.5, 0.6) is 5.75 Å². The number of carbonyl (C=O) groups excluding carboxylic acids is 1. The van der Waals surface area contributed by atoms with Crippen LogP contribution >= 0.6 is 15.9 Å². The van der Waals surface area contributed by atoms with Crippen molar-refractivity contribution in [2.75, 3.05) is 19.0 Å². The molecule has 108 valence electrons. The average molecular weight is 343 g/mol. The largest absolute Gasteiger partial charge is 0.495 e. The van der Waals surface area contributed by atoms with E-state index in [1.807, 2.05) is 0 Å². The van der Waals surface area contributed by atoms with Gasteiger partial charge in [-0.15, -0.1) is 0 Å². The molecule has 1 fully saturated rings. The first-order valence-corrected chi connectivity index (χ1v) is 6.96. The minimum Gasteiger partial charge on any atom is -0.495 e. The number of nitrogens with one attached hydrogen (secondary N) is 1. The van der Waals surface area contributed by atoms with E-state index in [1.54, 1.807) is 18.2 Å². The van der Waals surface area contributed by atoms with E-state index < -0.39 is 18.0 Å². The SMILES string of the molecule is COc1ccc(Br)cc1NC(=O)N1CCC[C@@H]1C(=O)O. The van der Waals surface area contributed by atoms with E-state index in [2.05, 4.69) is 21.2 Å². The van der Waals surface area contributed by atoms with Crippen LogP contribution in [0.1, 0.15) is 12.8 Å². The Kier molecular flexibility index (Phi) is 4.49. The molecule has 0 aromatic heterocycles. The molecular formula is C13H15BrN2O4.